The fourth-order valence-electron chi connectivity index (χ4n) is 0.186. The van der Waals surface area contributed by atoms with Crippen LogP contribution < -0.4 is 5.48 Å². The van der Waals surface area contributed by atoms with Crippen LogP contribution in [0.25, 0.3) is 0 Å². The number of hydroxylamine groups is 1. The molecule has 0 fully saturated rings. The molecule has 0 amide bonds. The normalized spacial score (nSPS) is 14.6. The zero-order valence-corrected chi connectivity index (χ0v) is 4.64. The molecule has 0 atom stereocenters. The van der Waals surface area contributed by atoms with Gasteiger partial charge in [-0.2, -0.15) is 0 Å². The largest absolute Gasteiger partial charge is 0.254 e. The highest BCUT2D eigenvalue weighted by molar-refractivity contribution is 5.53. The molecule has 0 bridgehead atoms. The molecule has 1 aliphatic rings. The predicted molar refractivity (Wildman–Crippen MR) is 28.9 cm³/mol. The predicted octanol–water partition coefficient (Wildman–Crippen LogP) is 0.533. The second kappa shape index (κ2) is 5.43. The first-order valence-electron chi connectivity index (χ1n) is 2.36. The highest BCUT2D eigenvalue weighted by Gasteiger charge is 1.81. The van der Waals surface area contributed by atoms with E-state index in [1.165, 1.54) is 6.34 Å². The molecular formula is C4H10N2O. The topological polar surface area (TPSA) is 33.6 Å². The van der Waals surface area contributed by atoms with Crippen molar-refractivity contribution in [2.45, 2.75) is 13.8 Å². The van der Waals surface area contributed by atoms with Gasteiger partial charge in [-0.3, -0.25) is 10.3 Å². The summed E-state index contributed by atoms with van der Waals surface area (Å²) >= 11 is 0. The molecule has 0 saturated carbocycles. The number of nitrogens with one attached hydrogen (secondary N) is 1. The third kappa shape index (κ3) is 3.26. The van der Waals surface area contributed by atoms with Crippen LogP contribution in [0.3, 0.4) is 0 Å². The van der Waals surface area contributed by atoms with E-state index in [2.05, 4.69) is 15.3 Å². The van der Waals surface area contributed by atoms with Gasteiger partial charge in [0, 0.05) is 0 Å². The Kier molecular flexibility index (Phi) is 4.99. The Morgan fingerprint density at radius 3 is 2.57 bits per heavy atom. The second-order valence-electron chi connectivity index (χ2n) is 0.703. The van der Waals surface area contributed by atoms with Crippen LogP contribution >= 0.6 is 0 Å². The molecule has 0 spiro atoms. The molecule has 0 saturated heterocycles. The molecular weight excluding hydrogens is 92.1 g/mol. The lowest BCUT2D eigenvalue weighted by Crippen LogP contribution is -2.01. The Morgan fingerprint density at radius 1 is 1.71 bits per heavy atom. The Labute approximate surface area is 43.3 Å². The van der Waals surface area contributed by atoms with Crippen molar-refractivity contribution in [1.82, 2.24) is 5.48 Å². The Morgan fingerprint density at radius 2 is 2.43 bits per heavy atom. The molecule has 0 aromatic heterocycles. The average Bonchev–Trinajstić information content (AvgIpc) is 2.23. The molecule has 3 nitrogen and oxygen atoms in total. The molecule has 1 aliphatic heterocycles. The van der Waals surface area contributed by atoms with Crippen LogP contribution in [0.15, 0.2) is 4.99 Å². The monoisotopic (exact) mass is 102 g/mol. The van der Waals surface area contributed by atoms with Crippen molar-refractivity contribution in [3.63, 3.8) is 0 Å². The summed E-state index contributed by atoms with van der Waals surface area (Å²) in [6.07, 6.45) is 1.51. The molecule has 1 rings (SSSR count). The lowest BCUT2D eigenvalue weighted by atomic mass is 11.0. The fourth-order valence-corrected chi connectivity index (χ4v) is 0.186. The molecule has 0 aromatic rings. The number of hydrogen-bond acceptors (Lipinski definition) is 3. The van der Waals surface area contributed by atoms with Crippen molar-refractivity contribution < 1.29 is 4.84 Å². The van der Waals surface area contributed by atoms with Crippen molar-refractivity contribution in [2.75, 3.05) is 6.73 Å². The first kappa shape index (κ1) is 6.43. The maximum Gasteiger partial charge on any atom is 0.166 e. The van der Waals surface area contributed by atoms with E-state index in [0.717, 1.165) is 0 Å². The standard InChI is InChI=1S/C2H4N2O.C2H6/c1-3-2-5-4-1;1-2/h1H,2H2,(H,3,4);1-2H3. The van der Waals surface area contributed by atoms with Crippen molar-refractivity contribution in [1.29, 1.82) is 0 Å². The van der Waals surface area contributed by atoms with Crippen molar-refractivity contribution >= 4 is 6.34 Å². The SMILES string of the molecule is C1=NCON1.CC. The van der Waals surface area contributed by atoms with Crippen molar-refractivity contribution in [3.8, 4) is 0 Å². The highest BCUT2D eigenvalue weighted by Crippen LogP contribution is 1.71. The van der Waals surface area contributed by atoms with Gasteiger partial charge in [0.25, 0.3) is 0 Å². The van der Waals surface area contributed by atoms with Crippen molar-refractivity contribution in [3.05, 3.63) is 0 Å². The first-order chi connectivity index (χ1) is 3.50. The number of rotatable bonds is 0. The van der Waals surface area contributed by atoms with Gasteiger partial charge in [0.2, 0.25) is 0 Å². The Balaban J connectivity index is 0.000000162. The van der Waals surface area contributed by atoms with Crippen LogP contribution in [0.4, 0.5) is 0 Å². The van der Waals surface area contributed by atoms with E-state index in [0.29, 0.717) is 6.73 Å². The van der Waals surface area contributed by atoms with Gasteiger partial charge >= 0.3 is 0 Å². The second-order valence-corrected chi connectivity index (χ2v) is 0.703. The van der Waals surface area contributed by atoms with Gasteiger partial charge in [0.15, 0.2) is 6.73 Å². The van der Waals surface area contributed by atoms with Crippen LogP contribution in [0.1, 0.15) is 13.8 Å². The number of hydrogen-bond donors (Lipinski definition) is 1. The van der Waals surface area contributed by atoms with Gasteiger partial charge < -0.3 is 0 Å². The third-order valence-corrected chi connectivity index (χ3v) is 0.366. The lowest BCUT2D eigenvalue weighted by molar-refractivity contribution is 0.117. The number of aliphatic imine (C=N–C) groups is 1. The molecule has 7 heavy (non-hydrogen) atoms. The summed E-state index contributed by atoms with van der Waals surface area (Å²) in [5, 5.41) is 0. The summed E-state index contributed by atoms with van der Waals surface area (Å²) in [4.78, 5) is 8.10. The lowest BCUT2D eigenvalue weighted by Gasteiger charge is -1.79. The molecule has 42 valence electrons. The van der Waals surface area contributed by atoms with Crippen LogP contribution in [0.5, 0.6) is 0 Å². The van der Waals surface area contributed by atoms with Gasteiger partial charge in [-0.1, -0.05) is 13.8 Å². The van der Waals surface area contributed by atoms with E-state index in [9.17, 15) is 0 Å². The average molecular weight is 102 g/mol. The quantitative estimate of drug-likeness (QED) is 0.484. The minimum atomic E-state index is 0.458. The zero-order valence-electron chi connectivity index (χ0n) is 4.64. The summed E-state index contributed by atoms with van der Waals surface area (Å²) in [6.45, 7) is 4.46. The molecule has 0 unspecified atom stereocenters. The fraction of sp³-hybridized carbons (Fsp3) is 0.750. The minimum Gasteiger partial charge on any atom is -0.254 e. The molecule has 3 heteroatoms. The van der Waals surface area contributed by atoms with Gasteiger partial charge in [-0.05, 0) is 0 Å². The smallest absolute Gasteiger partial charge is 0.166 e. The Bertz CT molecular complexity index is 47.7. The van der Waals surface area contributed by atoms with Crippen LogP contribution in [-0.4, -0.2) is 13.1 Å². The van der Waals surface area contributed by atoms with E-state index >= 15 is 0 Å². The Hall–Kier alpha value is -0.570. The molecule has 1 heterocycles. The van der Waals surface area contributed by atoms with E-state index in [1.54, 1.807) is 0 Å². The van der Waals surface area contributed by atoms with E-state index < -0.39 is 0 Å². The van der Waals surface area contributed by atoms with Crippen LogP contribution in [0, 0.1) is 0 Å². The first-order valence-corrected chi connectivity index (χ1v) is 2.36. The number of nitrogens with zero attached hydrogens (tertiary/aromatic N) is 1. The zero-order chi connectivity index (χ0) is 5.54. The van der Waals surface area contributed by atoms with Crippen molar-refractivity contribution in [2.24, 2.45) is 4.99 Å². The van der Waals surface area contributed by atoms with Gasteiger partial charge in [-0.25, -0.2) is 4.99 Å². The summed E-state index contributed by atoms with van der Waals surface area (Å²) in [5.41, 5.74) is 2.43. The molecule has 0 aromatic carbocycles. The molecule has 0 aliphatic carbocycles. The minimum absolute atomic E-state index is 0.458. The van der Waals surface area contributed by atoms with E-state index in [1.807, 2.05) is 13.8 Å². The summed E-state index contributed by atoms with van der Waals surface area (Å²) in [6, 6.07) is 0. The van der Waals surface area contributed by atoms with Crippen LogP contribution in [-0.2, 0) is 4.84 Å². The summed E-state index contributed by atoms with van der Waals surface area (Å²) in [5.74, 6) is 0. The molecule has 1 N–H and O–H groups in total. The highest BCUT2D eigenvalue weighted by atomic mass is 16.7. The van der Waals surface area contributed by atoms with E-state index in [-0.39, 0.29) is 0 Å². The summed E-state index contributed by atoms with van der Waals surface area (Å²) in [7, 11) is 0. The van der Waals surface area contributed by atoms with Gasteiger partial charge in [0.05, 0.1) is 0 Å². The van der Waals surface area contributed by atoms with Gasteiger partial charge in [0.1, 0.15) is 6.34 Å². The van der Waals surface area contributed by atoms with Gasteiger partial charge in [-0.15, -0.1) is 0 Å². The van der Waals surface area contributed by atoms with E-state index in [4.69, 9.17) is 0 Å². The molecule has 0 radical (unpaired) electrons. The summed E-state index contributed by atoms with van der Waals surface area (Å²) < 4.78 is 0. The van der Waals surface area contributed by atoms with Crippen LogP contribution in [0.2, 0.25) is 0 Å². The third-order valence-electron chi connectivity index (χ3n) is 0.366. The maximum atomic E-state index is 4.47. The maximum absolute atomic E-state index is 4.47.